The fourth-order valence-corrected chi connectivity index (χ4v) is 2.37. The van der Waals surface area contributed by atoms with Crippen molar-refractivity contribution in [2.45, 2.75) is 11.7 Å². The Morgan fingerprint density at radius 3 is 2.57 bits per heavy atom. The van der Waals surface area contributed by atoms with Gasteiger partial charge in [0.05, 0.1) is 14.2 Å². The molecule has 0 fully saturated rings. The fraction of sp³-hybridized carbons (Fsp3) is 0.286. The standard InChI is InChI=1S/C14H16ClN3O2S/c1-19-10-5-4-9(6-11(10)20-2)8-16-13-7-12(15)17-14(18-13)21-3/h4-7H,8H2,1-3H3,(H,16,17,18). The molecule has 2 aromatic rings. The van der Waals surface area contributed by atoms with Gasteiger partial charge in [-0.1, -0.05) is 29.4 Å². The summed E-state index contributed by atoms with van der Waals surface area (Å²) in [6.45, 7) is 0.599. The Morgan fingerprint density at radius 1 is 1.14 bits per heavy atom. The van der Waals surface area contributed by atoms with E-state index in [1.165, 1.54) is 11.8 Å². The molecule has 1 N–H and O–H groups in total. The van der Waals surface area contributed by atoms with Crippen molar-refractivity contribution in [2.75, 3.05) is 25.8 Å². The number of ether oxygens (including phenoxy) is 2. The number of halogens is 1. The van der Waals surface area contributed by atoms with Crippen LogP contribution in [0.2, 0.25) is 5.15 Å². The van der Waals surface area contributed by atoms with E-state index in [9.17, 15) is 0 Å². The average Bonchev–Trinajstić information content (AvgIpc) is 2.52. The molecule has 0 unspecified atom stereocenters. The molecular weight excluding hydrogens is 310 g/mol. The maximum Gasteiger partial charge on any atom is 0.190 e. The van der Waals surface area contributed by atoms with Crippen LogP contribution in [0, 0.1) is 0 Å². The van der Waals surface area contributed by atoms with Crippen molar-refractivity contribution in [1.29, 1.82) is 0 Å². The van der Waals surface area contributed by atoms with Crippen molar-refractivity contribution >= 4 is 29.2 Å². The van der Waals surface area contributed by atoms with E-state index in [0.29, 0.717) is 34.2 Å². The molecule has 112 valence electrons. The lowest BCUT2D eigenvalue weighted by Gasteiger charge is -2.11. The minimum Gasteiger partial charge on any atom is -0.493 e. The second kappa shape index (κ2) is 7.38. The predicted molar refractivity (Wildman–Crippen MR) is 85.7 cm³/mol. The Bertz CT molecular complexity index is 625. The monoisotopic (exact) mass is 325 g/mol. The van der Waals surface area contributed by atoms with Gasteiger partial charge in [0.1, 0.15) is 11.0 Å². The lowest BCUT2D eigenvalue weighted by molar-refractivity contribution is 0.354. The molecule has 0 saturated heterocycles. The maximum absolute atomic E-state index is 5.96. The van der Waals surface area contributed by atoms with Gasteiger partial charge in [-0.05, 0) is 24.0 Å². The van der Waals surface area contributed by atoms with E-state index >= 15 is 0 Å². The first-order valence-corrected chi connectivity index (χ1v) is 7.80. The summed E-state index contributed by atoms with van der Waals surface area (Å²) in [6, 6.07) is 7.45. The van der Waals surface area contributed by atoms with E-state index in [1.807, 2.05) is 24.5 Å². The second-order valence-corrected chi connectivity index (χ2v) is 5.27. The number of nitrogens with one attached hydrogen (secondary N) is 1. The van der Waals surface area contributed by atoms with E-state index in [0.717, 1.165) is 5.56 Å². The van der Waals surface area contributed by atoms with Crippen LogP contribution in [0.25, 0.3) is 0 Å². The summed E-state index contributed by atoms with van der Waals surface area (Å²) in [5, 5.41) is 4.28. The van der Waals surface area contributed by atoms with Crippen LogP contribution in [0.1, 0.15) is 5.56 Å². The second-order valence-electron chi connectivity index (χ2n) is 4.11. The third-order valence-electron chi connectivity index (χ3n) is 2.78. The van der Waals surface area contributed by atoms with E-state index in [1.54, 1.807) is 20.3 Å². The quantitative estimate of drug-likeness (QED) is 0.498. The molecule has 5 nitrogen and oxygen atoms in total. The molecule has 21 heavy (non-hydrogen) atoms. The van der Waals surface area contributed by atoms with Gasteiger partial charge in [0.2, 0.25) is 0 Å². The van der Waals surface area contributed by atoms with E-state index in [-0.39, 0.29) is 0 Å². The number of aromatic nitrogens is 2. The summed E-state index contributed by atoms with van der Waals surface area (Å²) in [6.07, 6.45) is 1.91. The topological polar surface area (TPSA) is 56.3 Å². The van der Waals surface area contributed by atoms with Crippen LogP contribution in [0.15, 0.2) is 29.4 Å². The molecule has 0 aliphatic rings. The Labute approximate surface area is 133 Å². The van der Waals surface area contributed by atoms with Crippen molar-refractivity contribution in [3.63, 3.8) is 0 Å². The third kappa shape index (κ3) is 4.15. The zero-order valence-electron chi connectivity index (χ0n) is 12.0. The maximum atomic E-state index is 5.96. The minimum absolute atomic E-state index is 0.421. The molecule has 0 saturated carbocycles. The number of methoxy groups -OCH3 is 2. The molecule has 1 aromatic carbocycles. The highest BCUT2D eigenvalue weighted by Crippen LogP contribution is 2.28. The summed E-state index contributed by atoms with van der Waals surface area (Å²) in [5.74, 6) is 2.09. The van der Waals surface area contributed by atoms with Gasteiger partial charge >= 0.3 is 0 Å². The molecule has 0 radical (unpaired) electrons. The lowest BCUT2D eigenvalue weighted by atomic mass is 10.2. The molecule has 2 rings (SSSR count). The van der Waals surface area contributed by atoms with Gasteiger partial charge in [-0.25, -0.2) is 9.97 Å². The summed E-state index contributed by atoms with van der Waals surface area (Å²) in [4.78, 5) is 8.44. The van der Waals surface area contributed by atoms with Crippen LogP contribution in [-0.4, -0.2) is 30.4 Å². The van der Waals surface area contributed by atoms with Crippen molar-refractivity contribution in [2.24, 2.45) is 0 Å². The predicted octanol–water partition coefficient (Wildman–Crippen LogP) is 3.48. The van der Waals surface area contributed by atoms with E-state index < -0.39 is 0 Å². The highest BCUT2D eigenvalue weighted by molar-refractivity contribution is 7.98. The van der Waals surface area contributed by atoms with Crippen molar-refractivity contribution in [3.05, 3.63) is 35.0 Å². The van der Waals surface area contributed by atoms with Crippen LogP contribution >= 0.6 is 23.4 Å². The number of hydrogen-bond donors (Lipinski definition) is 1. The summed E-state index contributed by atoms with van der Waals surface area (Å²) in [5.41, 5.74) is 1.05. The number of rotatable bonds is 6. The Kier molecular flexibility index (Phi) is 5.52. The van der Waals surface area contributed by atoms with Crippen molar-refractivity contribution < 1.29 is 9.47 Å². The summed E-state index contributed by atoms with van der Waals surface area (Å²) in [7, 11) is 3.23. The largest absolute Gasteiger partial charge is 0.493 e. The molecule has 7 heteroatoms. The van der Waals surface area contributed by atoms with E-state index in [2.05, 4.69) is 15.3 Å². The molecular formula is C14H16ClN3O2S. The summed E-state index contributed by atoms with van der Waals surface area (Å²) >= 11 is 7.40. The van der Waals surface area contributed by atoms with Crippen LogP contribution in [0.5, 0.6) is 11.5 Å². The first kappa shape index (κ1) is 15.7. The first-order valence-electron chi connectivity index (χ1n) is 6.19. The molecule has 0 aliphatic heterocycles. The normalized spacial score (nSPS) is 10.3. The number of benzene rings is 1. The van der Waals surface area contributed by atoms with Gasteiger partial charge in [0.25, 0.3) is 0 Å². The van der Waals surface area contributed by atoms with Crippen molar-refractivity contribution in [1.82, 2.24) is 9.97 Å². The van der Waals surface area contributed by atoms with Gasteiger partial charge in [0.15, 0.2) is 16.7 Å². The average molecular weight is 326 g/mol. The highest BCUT2D eigenvalue weighted by Gasteiger charge is 2.06. The molecule has 0 atom stereocenters. The van der Waals surface area contributed by atoms with Crippen LogP contribution in [0.4, 0.5) is 5.82 Å². The van der Waals surface area contributed by atoms with E-state index in [4.69, 9.17) is 21.1 Å². The van der Waals surface area contributed by atoms with Gasteiger partial charge in [-0.2, -0.15) is 0 Å². The first-order chi connectivity index (χ1) is 10.2. The third-order valence-corrected chi connectivity index (χ3v) is 3.52. The van der Waals surface area contributed by atoms with Gasteiger partial charge in [0, 0.05) is 12.6 Å². The Morgan fingerprint density at radius 2 is 1.90 bits per heavy atom. The van der Waals surface area contributed by atoms with Crippen molar-refractivity contribution in [3.8, 4) is 11.5 Å². The van der Waals surface area contributed by atoms with Gasteiger partial charge < -0.3 is 14.8 Å². The van der Waals surface area contributed by atoms with Crippen LogP contribution in [-0.2, 0) is 6.54 Å². The number of nitrogens with zero attached hydrogens (tertiary/aromatic N) is 2. The summed E-state index contributed by atoms with van der Waals surface area (Å²) < 4.78 is 10.5. The Balaban J connectivity index is 2.11. The van der Waals surface area contributed by atoms with Crippen LogP contribution < -0.4 is 14.8 Å². The molecule has 1 heterocycles. The molecule has 0 bridgehead atoms. The molecule has 0 spiro atoms. The molecule has 0 amide bonds. The number of anilines is 1. The number of hydrogen-bond acceptors (Lipinski definition) is 6. The minimum atomic E-state index is 0.421. The zero-order valence-corrected chi connectivity index (χ0v) is 13.6. The molecule has 1 aromatic heterocycles. The fourth-order valence-electron chi connectivity index (χ4n) is 1.76. The molecule has 0 aliphatic carbocycles. The van der Waals surface area contributed by atoms with Gasteiger partial charge in [-0.15, -0.1) is 0 Å². The zero-order chi connectivity index (χ0) is 15.2. The SMILES string of the molecule is COc1ccc(CNc2cc(Cl)nc(SC)n2)cc1OC. The number of thioether (sulfide) groups is 1. The smallest absolute Gasteiger partial charge is 0.190 e. The highest BCUT2D eigenvalue weighted by atomic mass is 35.5. The lowest BCUT2D eigenvalue weighted by Crippen LogP contribution is -2.03. The van der Waals surface area contributed by atoms with Crippen LogP contribution in [0.3, 0.4) is 0 Å². The van der Waals surface area contributed by atoms with Gasteiger partial charge in [-0.3, -0.25) is 0 Å². The Hall–Kier alpha value is -1.66.